The van der Waals surface area contributed by atoms with Crippen LogP contribution in [-0.4, -0.2) is 30.5 Å². The van der Waals surface area contributed by atoms with Gasteiger partial charge in [-0.2, -0.15) is 0 Å². The van der Waals surface area contributed by atoms with Crippen molar-refractivity contribution in [2.24, 2.45) is 0 Å². The molecule has 0 aliphatic heterocycles. The molecule has 6 heteroatoms. The Bertz CT molecular complexity index is 485. The van der Waals surface area contributed by atoms with Gasteiger partial charge in [-0.1, -0.05) is 5.21 Å². The lowest BCUT2D eigenvalue weighted by Crippen LogP contribution is -2.35. The molecule has 96 valence electrons. The average Bonchev–Trinajstić information content (AvgIpc) is 2.75. The number of hydrogen-bond donors (Lipinski definition) is 1. The van der Waals surface area contributed by atoms with Crippen LogP contribution >= 0.6 is 0 Å². The molecule has 0 fully saturated rings. The van der Waals surface area contributed by atoms with E-state index < -0.39 is 0 Å². The fourth-order valence-corrected chi connectivity index (χ4v) is 1.43. The Morgan fingerprint density at radius 2 is 2.06 bits per heavy atom. The second-order valence-electron chi connectivity index (χ2n) is 5.21. The zero-order valence-corrected chi connectivity index (χ0v) is 11.0. The lowest BCUT2D eigenvalue weighted by Gasteiger charge is -2.19. The van der Waals surface area contributed by atoms with Crippen molar-refractivity contribution in [2.75, 3.05) is 0 Å². The first kappa shape index (κ1) is 12.6. The molecule has 0 amide bonds. The molecule has 2 aromatic rings. The Kier molecular flexibility index (Phi) is 3.66. The van der Waals surface area contributed by atoms with Crippen LogP contribution in [0.15, 0.2) is 24.8 Å². The van der Waals surface area contributed by atoms with Crippen molar-refractivity contribution in [2.45, 2.75) is 39.4 Å². The fourth-order valence-electron chi connectivity index (χ4n) is 1.43. The molecule has 0 bridgehead atoms. The molecule has 0 radical (unpaired) electrons. The summed E-state index contributed by atoms with van der Waals surface area (Å²) >= 11 is 0. The van der Waals surface area contributed by atoms with Crippen molar-refractivity contribution < 1.29 is 0 Å². The van der Waals surface area contributed by atoms with Crippen molar-refractivity contribution in [1.29, 1.82) is 0 Å². The van der Waals surface area contributed by atoms with Gasteiger partial charge in [0, 0.05) is 24.5 Å². The van der Waals surface area contributed by atoms with Crippen LogP contribution in [0.25, 0.3) is 0 Å². The Hall–Kier alpha value is -1.82. The maximum atomic E-state index is 4.20. The van der Waals surface area contributed by atoms with Gasteiger partial charge in [0.15, 0.2) is 0 Å². The van der Waals surface area contributed by atoms with Crippen LogP contribution in [0.5, 0.6) is 0 Å². The van der Waals surface area contributed by atoms with Gasteiger partial charge in [-0.25, -0.2) is 4.68 Å². The van der Waals surface area contributed by atoms with Crippen LogP contribution in [0.2, 0.25) is 0 Å². The molecule has 0 saturated heterocycles. The van der Waals surface area contributed by atoms with Crippen LogP contribution in [0.3, 0.4) is 0 Å². The van der Waals surface area contributed by atoms with Crippen LogP contribution < -0.4 is 5.32 Å². The van der Waals surface area contributed by atoms with Crippen LogP contribution in [-0.2, 0) is 13.1 Å². The molecule has 0 unspecified atom stereocenters. The first-order chi connectivity index (χ1) is 8.53. The number of nitrogens with zero attached hydrogens (tertiary/aromatic N) is 5. The number of rotatable bonds is 4. The molecule has 0 atom stereocenters. The van der Waals surface area contributed by atoms with Crippen LogP contribution in [0.4, 0.5) is 0 Å². The molecular formula is C12H18N6. The van der Waals surface area contributed by atoms with Gasteiger partial charge in [0.1, 0.15) is 0 Å². The summed E-state index contributed by atoms with van der Waals surface area (Å²) in [6, 6.07) is 0. The van der Waals surface area contributed by atoms with E-state index in [2.05, 4.69) is 46.4 Å². The van der Waals surface area contributed by atoms with Crippen molar-refractivity contribution in [3.63, 3.8) is 0 Å². The van der Waals surface area contributed by atoms with E-state index in [1.165, 1.54) is 0 Å². The number of aromatic nitrogens is 5. The second kappa shape index (κ2) is 5.22. The van der Waals surface area contributed by atoms with Crippen molar-refractivity contribution >= 4 is 0 Å². The SMILES string of the molecule is CC(C)(C)NCc1cn(Cc2cnccn2)nn1. The first-order valence-electron chi connectivity index (χ1n) is 5.92. The smallest absolute Gasteiger partial charge is 0.0965 e. The van der Waals surface area contributed by atoms with Gasteiger partial charge in [-0.05, 0) is 20.8 Å². The third-order valence-electron chi connectivity index (χ3n) is 2.33. The number of hydrogen-bond acceptors (Lipinski definition) is 5. The summed E-state index contributed by atoms with van der Waals surface area (Å²) in [6.45, 7) is 7.67. The minimum atomic E-state index is 0.0781. The molecule has 0 aliphatic carbocycles. The van der Waals surface area contributed by atoms with E-state index >= 15 is 0 Å². The first-order valence-corrected chi connectivity index (χ1v) is 5.92. The third kappa shape index (κ3) is 3.89. The van der Waals surface area contributed by atoms with Gasteiger partial charge in [0.2, 0.25) is 0 Å². The van der Waals surface area contributed by atoms with Gasteiger partial charge in [-0.3, -0.25) is 9.97 Å². The van der Waals surface area contributed by atoms with E-state index in [0.29, 0.717) is 13.1 Å². The highest BCUT2D eigenvalue weighted by Gasteiger charge is 2.10. The van der Waals surface area contributed by atoms with E-state index in [1.807, 2.05) is 6.20 Å². The number of nitrogens with one attached hydrogen (secondary N) is 1. The Balaban J connectivity index is 1.94. The Labute approximate surface area is 106 Å². The van der Waals surface area contributed by atoms with E-state index in [9.17, 15) is 0 Å². The van der Waals surface area contributed by atoms with Crippen molar-refractivity contribution in [1.82, 2.24) is 30.3 Å². The standard InChI is InChI=1S/C12H18N6/c1-12(2,3)15-7-11-9-18(17-16-11)8-10-6-13-4-5-14-10/h4-6,9,15H,7-8H2,1-3H3. The minimum Gasteiger partial charge on any atom is -0.306 e. The molecule has 2 aromatic heterocycles. The van der Waals surface area contributed by atoms with E-state index in [1.54, 1.807) is 23.3 Å². The summed E-state index contributed by atoms with van der Waals surface area (Å²) in [5.41, 5.74) is 1.88. The molecule has 18 heavy (non-hydrogen) atoms. The van der Waals surface area contributed by atoms with E-state index in [0.717, 1.165) is 11.4 Å². The maximum absolute atomic E-state index is 4.20. The highest BCUT2D eigenvalue weighted by molar-refractivity contribution is 4.98. The molecule has 0 spiro atoms. The Morgan fingerprint density at radius 3 is 2.72 bits per heavy atom. The van der Waals surface area contributed by atoms with E-state index in [4.69, 9.17) is 0 Å². The zero-order chi connectivity index (χ0) is 13.0. The van der Waals surface area contributed by atoms with Crippen LogP contribution in [0.1, 0.15) is 32.2 Å². The van der Waals surface area contributed by atoms with Gasteiger partial charge in [0.05, 0.1) is 30.3 Å². The van der Waals surface area contributed by atoms with Gasteiger partial charge in [-0.15, -0.1) is 5.10 Å². The predicted octanol–water partition coefficient (Wildman–Crippen LogP) is 1.00. The predicted molar refractivity (Wildman–Crippen MR) is 67.7 cm³/mol. The average molecular weight is 246 g/mol. The summed E-state index contributed by atoms with van der Waals surface area (Å²) in [5, 5.41) is 11.6. The molecule has 2 heterocycles. The van der Waals surface area contributed by atoms with Crippen molar-refractivity contribution in [3.8, 4) is 0 Å². The fraction of sp³-hybridized carbons (Fsp3) is 0.500. The molecule has 1 N–H and O–H groups in total. The zero-order valence-electron chi connectivity index (χ0n) is 11.0. The second-order valence-corrected chi connectivity index (χ2v) is 5.21. The summed E-state index contributed by atoms with van der Waals surface area (Å²) in [7, 11) is 0. The summed E-state index contributed by atoms with van der Waals surface area (Å²) in [5.74, 6) is 0. The van der Waals surface area contributed by atoms with E-state index in [-0.39, 0.29) is 5.54 Å². The lowest BCUT2D eigenvalue weighted by molar-refractivity contribution is 0.421. The molecular weight excluding hydrogens is 228 g/mol. The third-order valence-corrected chi connectivity index (χ3v) is 2.33. The lowest BCUT2D eigenvalue weighted by atomic mass is 10.1. The molecule has 0 aliphatic rings. The monoisotopic (exact) mass is 246 g/mol. The molecule has 6 nitrogen and oxygen atoms in total. The largest absolute Gasteiger partial charge is 0.306 e. The quantitative estimate of drug-likeness (QED) is 0.871. The Morgan fingerprint density at radius 1 is 1.22 bits per heavy atom. The summed E-state index contributed by atoms with van der Waals surface area (Å²) < 4.78 is 1.77. The minimum absolute atomic E-state index is 0.0781. The normalized spacial score (nSPS) is 11.7. The highest BCUT2D eigenvalue weighted by atomic mass is 15.4. The van der Waals surface area contributed by atoms with Gasteiger partial charge >= 0.3 is 0 Å². The summed E-state index contributed by atoms with van der Waals surface area (Å²) in [6.07, 6.45) is 6.99. The maximum Gasteiger partial charge on any atom is 0.0965 e. The molecule has 0 aromatic carbocycles. The summed E-state index contributed by atoms with van der Waals surface area (Å²) in [4.78, 5) is 8.22. The van der Waals surface area contributed by atoms with Gasteiger partial charge in [0.25, 0.3) is 0 Å². The topological polar surface area (TPSA) is 68.5 Å². The molecule has 2 rings (SSSR count). The highest BCUT2D eigenvalue weighted by Crippen LogP contribution is 2.02. The van der Waals surface area contributed by atoms with Crippen molar-refractivity contribution in [3.05, 3.63) is 36.2 Å². The molecule has 0 saturated carbocycles. The van der Waals surface area contributed by atoms with Gasteiger partial charge < -0.3 is 5.32 Å². The van der Waals surface area contributed by atoms with Crippen LogP contribution in [0, 0.1) is 0 Å².